The quantitative estimate of drug-likeness (QED) is 0.780. The summed E-state index contributed by atoms with van der Waals surface area (Å²) < 4.78 is 27.4. The predicted molar refractivity (Wildman–Crippen MR) is 91.3 cm³/mol. The lowest BCUT2D eigenvalue weighted by Crippen LogP contribution is -2.26. The maximum Gasteiger partial charge on any atom is 0.243 e. The minimum atomic E-state index is -3.60. The van der Waals surface area contributed by atoms with Crippen molar-refractivity contribution in [2.24, 2.45) is 0 Å². The Morgan fingerprint density at radius 3 is 2.57 bits per heavy atom. The largest absolute Gasteiger partial charge is 0.397 e. The molecule has 2 N–H and O–H groups in total. The summed E-state index contributed by atoms with van der Waals surface area (Å²) in [6.07, 6.45) is 0. The summed E-state index contributed by atoms with van der Waals surface area (Å²) in [5.74, 6) is 0. The fraction of sp³-hybridized carbons (Fsp3) is 0.231. The molecular formula is C13H14BrClN2O2S2. The van der Waals surface area contributed by atoms with Crippen LogP contribution in [-0.4, -0.2) is 19.8 Å². The average Bonchev–Trinajstić information content (AvgIpc) is 2.80. The molecule has 2 aromatic rings. The molecule has 1 heterocycles. The van der Waals surface area contributed by atoms with Gasteiger partial charge in [0, 0.05) is 28.3 Å². The number of nitrogens with two attached hydrogens (primary N) is 1. The van der Waals surface area contributed by atoms with Gasteiger partial charge in [-0.3, -0.25) is 0 Å². The van der Waals surface area contributed by atoms with Crippen molar-refractivity contribution in [2.45, 2.75) is 18.4 Å². The van der Waals surface area contributed by atoms with E-state index in [1.54, 1.807) is 14.0 Å². The molecule has 1 aromatic carbocycles. The Hall–Kier alpha value is -0.600. The molecule has 0 atom stereocenters. The summed E-state index contributed by atoms with van der Waals surface area (Å²) in [7, 11) is -2.06. The SMILES string of the molecule is Cc1cc(S(=O)(=O)N(C)Cc2cc(Br)cs2)cc(N)c1Cl. The minimum Gasteiger partial charge on any atom is -0.397 e. The van der Waals surface area contributed by atoms with Crippen LogP contribution in [0.5, 0.6) is 0 Å². The van der Waals surface area contributed by atoms with Crippen molar-refractivity contribution < 1.29 is 8.42 Å². The number of sulfonamides is 1. The fourth-order valence-electron chi connectivity index (χ4n) is 1.83. The molecule has 0 fully saturated rings. The topological polar surface area (TPSA) is 63.4 Å². The standard InChI is InChI=1S/C13H14BrClN2O2S2/c1-8-3-11(5-12(16)13(8)15)21(18,19)17(2)6-10-4-9(14)7-20-10/h3-5,7H,6,16H2,1-2H3. The van der Waals surface area contributed by atoms with E-state index in [0.29, 0.717) is 17.1 Å². The molecule has 2 rings (SSSR count). The second-order valence-electron chi connectivity index (χ2n) is 4.64. The van der Waals surface area contributed by atoms with Crippen molar-refractivity contribution in [3.8, 4) is 0 Å². The van der Waals surface area contributed by atoms with Gasteiger partial charge in [0.25, 0.3) is 0 Å². The zero-order valence-corrected chi connectivity index (χ0v) is 15.4. The average molecular weight is 410 g/mol. The van der Waals surface area contributed by atoms with Crippen LogP contribution in [0.2, 0.25) is 5.02 Å². The maximum atomic E-state index is 12.6. The molecule has 0 radical (unpaired) electrons. The van der Waals surface area contributed by atoms with Crippen LogP contribution in [0.3, 0.4) is 0 Å². The molecule has 0 spiro atoms. The van der Waals surface area contributed by atoms with Crippen LogP contribution in [0.1, 0.15) is 10.4 Å². The second kappa shape index (κ2) is 6.26. The third-order valence-corrected chi connectivity index (χ3v) is 6.94. The van der Waals surface area contributed by atoms with Gasteiger partial charge in [-0.25, -0.2) is 8.42 Å². The van der Waals surface area contributed by atoms with Gasteiger partial charge in [0.15, 0.2) is 0 Å². The number of thiophene rings is 1. The first kappa shape index (κ1) is 16.8. The van der Waals surface area contributed by atoms with E-state index in [4.69, 9.17) is 17.3 Å². The summed E-state index contributed by atoms with van der Waals surface area (Å²) >= 11 is 10.8. The van der Waals surface area contributed by atoms with Crippen LogP contribution in [-0.2, 0) is 16.6 Å². The van der Waals surface area contributed by atoms with Crippen LogP contribution in [0.15, 0.2) is 32.9 Å². The first-order valence-electron chi connectivity index (χ1n) is 5.96. The van der Waals surface area contributed by atoms with Crippen LogP contribution in [0.25, 0.3) is 0 Å². The van der Waals surface area contributed by atoms with Crippen molar-refractivity contribution in [1.29, 1.82) is 0 Å². The molecule has 0 aliphatic heterocycles. The molecule has 8 heteroatoms. The summed E-state index contributed by atoms with van der Waals surface area (Å²) in [4.78, 5) is 1.10. The smallest absolute Gasteiger partial charge is 0.243 e. The van der Waals surface area contributed by atoms with E-state index in [0.717, 1.165) is 9.35 Å². The third-order valence-electron chi connectivity index (χ3n) is 2.96. The predicted octanol–water partition coefficient (Wildman–Crippen LogP) is 3.88. The van der Waals surface area contributed by atoms with Crippen molar-refractivity contribution in [1.82, 2.24) is 4.31 Å². The van der Waals surface area contributed by atoms with Crippen LogP contribution < -0.4 is 5.73 Å². The van der Waals surface area contributed by atoms with E-state index >= 15 is 0 Å². The van der Waals surface area contributed by atoms with E-state index < -0.39 is 10.0 Å². The van der Waals surface area contributed by atoms with E-state index in [1.807, 2.05) is 11.4 Å². The Balaban J connectivity index is 2.33. The van der Waals surface area contributed by atoms with Crippen molar-refractivity contribution >= 4 is 54.6 Å². The van der Waals surface area contributed by atoms with Crippen LogP contribution in [0, 0.1) is 6.92 Å². The van der Waals surface area contributed by atoms with Gasteiger partial charge in [-0.2, -0.15) is 4.31 Å². The molecule has 0 aliphatic rings. The summed E-state index contributed by atoms with van der Waals surface area (Å²) in [6, 6.07) is 4.83. The maximum absolute atomic E-state index is 12.6. The van der Waals surface area contributed by atoms with Gasteiger partial charge in [0.2, 0.25) is 10.0 Å². The number of hydrogen-bond acceptors (Lipinski definition) is 4. The Bertz CT molecular complexity index is 751. The molecule has 0 saturated carbocycles. The molecule has 0 aliphatic carbocycles. The molecule has 0 saturated heterocycles. The first-order chi connectivity index (χ1) is 9.71. The van der Waals surface area contributed by atoms with Gasteiger partial charge >= 0.3 is 0 Å². The highest BCUT2D eigenvalue weighted by molar-refractivity contribution is 9.10. The van der Waals surface area contributed by atoms with E-state index in [-0.39, 0.29) is 10.6 Å². The summed E-state index contributed by atoms with van der Waals surface area (Å²) in [6.45, 7) is 2.04. The molecule has 114 valence electrons. The van der Waals surface area contributed by atoms with E-state index in [1.165, 1.54) is 27.8 Å². The Morgan fingerprint density at radius 2 is 2.05 bits per heavy atom. The number of halogens is 2. The van der Waals surface area contributed by atoms with Crippen LogP contribution >= 0.6 is 38.9 Å². The minimum absolute atomic E-state index is 0.153. The van der Waals surface area contributed by atoms with Crippen molar-refractivity contribution in [3.63, 3.8) is 0 Å². The van der Waals surface area contributed by atoms with Gasteiger partial charge in [0.05, 0.1) is 15.6 Å². The number of hydrogen-bond donors (Lipinski definition) is 1. The number of benzene rings is 1. The fourth-order valence-corrected chi connectivity index (χ4v) is 4.80. The van der Waals surface area contributed by atoms with Gasteiger partial charge < -0.3 is 5.73 Å². The normalized spacial score (nSPS) is 12.0. The van der Waals surface area contributed by atoms with E-state index in [2.05, 4.69) is 15.9 Å². The highest BCUT2D eigenvalue weighted by Gasteiger charge is 2.23. The number of rotatable bonds is 4. The lowest BCUT2D eigenvalue weighted by Gasteiger charge is -2.17. The lowest BCUT2D eigenvalue weighted by molar-refractivity contribution is 0.469. The van der Waals surface area contributed by atoms with Crippen molar-refractivity contribution in [2.75, 3.05) is 12.8 Å². The zero-order valence-electron chi connectivity index (χ0n) is 11.4. The highest BCUT2D eigenvalue weighted by Crippen LogP contribution is 2.29. The Morgan fingerprint density at radius 1 is 1.38 bits per heavy atom. The zero-order chi connectivity index (χ0) is 15.8. The molecule has 0 bridgehead atoms. The number of nitrogen functional groups attached to an aromatic ring is 1. The highest BCUT2D eigenvalue weighted by atomic mass is 79.9. The molecule has 0 unspecified atom stereocenters. The molecule has 21 heavy (non-hydrogen) atoms. The van der Waals surface area contributed by atoms with Gasteiger partial charge in [-0.1, -0.05) is 11.6 Å². The summed E-state index contributed by atoms with van der Waals surface area (Å²) in [5.41, 5.74) is 6.66. The van der Waals surface area contributed by atoms with Crippen molar-refractivity contribution in [3.05, 3.63) is 43.5 Å². The van der Waals surface area contributed by atoms with Gasteiger partial charge in [-0.15, -0.1) is 11.3 Å². The number of anilines is 1. The first-order valence-corrected chi connectivity index (χ1v) is 9.45. The molecule has 4 nitrogen and oxygen atoms in total. The van der Waals surface area contributed by atoms with Gasteiger partial charge in [0.1, 0.15) is 0 Å². The second-order valence-corrected chi connectivity index (χ2v) is 8.97. The monoisotopic (exact) mass is 408 g/mol. The molecule has 1 aromatic heterocycles. The Kier molecular flexibility index (Phi) is 4.99. The molecule has 0 amide bonds. The van der Waals surface area contributed by atoms with Gasteiger partial charge in [-0.05, 0) is 46.6 Å². The Labute approximate surface area is 141 Å². The third kappa shape index (κ3) is 3.60. The number of aryl methyl sites for hydroxylation is 1. The lowest BCUT2D eigenvalue weighted by atomic mass is 10.2. The number of nitrogens with zero attached hydrogens (tertiary/aromatic N) is 1. The molecular weight excluding hydrogens is 396 g/mol. The summed E-state index contributed by atoms with van der Waals surface area (Å²) in [5, 5.41) is 2.30. The van der Waals surface area contributed by atoms with Crippen LogP contribution in [0.4, 0.5) is 5.69 Å². The van der Waals surface area contributed by atoms with E-state index in [9.17, 15) is 8.42 Å².